The van der Waals surface area contributed by atoms with Crippen LogP contribution in [-0.2, 0) is 9.59 Å². The Hall–Kier alpha value is -2.24. The number of para-hydroxylation sites is 2. The quantitative estimate of drug-likeness (QED) is 0.703. The van der Waals surface area contributed by atoms with Gasteiger partial charge in [-0.15, -0.1) is 0 Å². The minimum atomic E-state index is -0.302. The summed E-state index contributed by atoms with van der Waals surface area (Å²) in [6.07, 6.45) is 2.89. The van der Waals surface area contributed by atoms with Crippen molar-refractivity contribution in [2.24, 2.45) is 5.92 Å². The van der Waals surface area contributed by atoms with Crippen LogP contribution in [0.1, 0.15) is 19.3 Å². The molecule has 0 aromatic heterocycles. The molecule has 0 aliphatic heterocycles. The largest absolute Gasteiger partial charge is 0.495 e. The third-order valence-corrected chi connectivity index (χ3v) is 3.35. The van der Waals surface area contributed by atoms with Crippen molar-refractivity contribution >= 4 is 17.5 Å². The van der Waals surface area contributed by atoms with Crippen molar-refractivity contribution in [2.45, 2.75) is 19.3 Å². The van der Waals surface area contributed by atoms with Gasteiger partial charge in [-0.2, -0.15) is 0 Å². The van der Waals surface area contributed by atoms with E-state index in [2.05, 4.69) is 16.2 Å². The molecule has 6 heteroatoms. The molecule has 3 N–H and O–H groups in total. The topological polar surface area (TPSA) is 79.5 Å². The lowest BCUT2D eigenvalue weighted by Crippen LogP contribution is -2.47. The Balaban J connectivity index is 1.73. The molecule has 108 valence electrons. The number of carbonyl (C=O) groups excluding carboxylic acids is 2. The first kappa shape index (κ1) is 14.2. The summed E-state index contributed by atoms with van der Waals surface area (Å²) in [4.78, 5) is 23.2. The van der Waals surface area contributed by atoms with Crippen molar-refractivity contribution in [3.8, 4) is 5.75 Å². The van der Waals surface area contributed by atoms with E-state index in [9.17, 15) is 9.59 Å². The van der Waals surface area contributed by atoms with Crippen LogP contribution in [0.3, 0.4) is 0 Å². The fourth-order valence-corrected chi connectivity index (χ4v) is 1.91. The van der Waals surface area contributed by atoms with E-state index >= 15 is 0 Å². The molecule has 1 aliphatic rings. The van der Waals surface area contributed by atoms with Crippen LogP contribution in [0.2, 0.25) is 0 Å². The molecule has 0 heterocycles. The second kappa shape index (κ2) is 6.79. The summed E-state index contributed by atoms with van der Waals surface area (Å²) < 4.78 is 5.17. The average Bonchev–Trinajstić information content (AvgIpc) is 2.41. The molecule has 1 aromatic rings. The third-order valence-electron chi connectivity index (χ3n) is 3.35. The molecule has 0 atom stereocenters. The first-order valence-corrected chi connectivity index (χ1v) is 6.66. The molecular weight excluding hydrogens is 258 g/mol. The Bertz CT molecular complexity index is 486. The van der Waals surface area contributed by atoms with Crippen LogP contribution in [-0.4, -0.2) is 25.5 Å². The Morgan fingerprint density at radius 2 is 2.00 bits per heavy atom. The molecule has 2 rings (SSSR count). The Morgan fingerprint density at radius 3 is 2.65 bits per heavy atom. The van der Waals surface area contributed by atoms with Gasteiger partial charge in [0, 0.05) is 5.92 Å². The van der Waals surface area contributed by atoms with E-state index in [-0.39, 0.29) is 24.3 Å². The maximum atomic E-state index is 11.6. The van der Waals surface area contributed by atoms with E-state index in [1.165, 1.54) is 0 Å². The van der Waals surface area contributed by atoms with Crippen LogP contribution < -0.4 is 20.9 Å². The first-order chi connectivity index (χ1) is 9.70. The SMILES string of the molecule is COc1ccccc1NCC(=O)NNC(=O)C1CCC1. The molecule has 20 heavy (non-hydrogen) atoms. The number of rotatable bonds is 5. The van der Waals surface area contributed by atoms with Crippen LogP contribution in [0.15, 0.2) is 24.3 Å². The Kier molecular flexibility index (Phi) is 4.81. The zero-order chi connectivity index (χ0) is 14.4. The summed E-state index contributed by atoms with van der Waals surface area (Å²) in [6.45, 7) is 0.0608. The number of ether oxygens (including phenoxy) is 1. The van der Waals surface area contributed by atoms with Gasteiger partial charge in [0.1, 0.15) is 5.75 Å². The minimum Gasteiger partial charge on any atom is -0.495 e. The number of hydrazine groups is 1. The van der Waals surface area contributed by atoms with Gasteiger partial charge in [-0.05, 0) is 25.0 Å². The second-order valence-electron chi connectivity index (χ2n) is 4.72. The van der Waals surface area contributed by atoms with Gasteiger partial charge in [0.25, 0.3) is 5.91 Å². The van der Waals surface area contributed by atoms with Crippen molar-refractivity contribution in [2.75, 3.05) is 19.0 Å². The summed E-state index contributed by atoms with van der Waals surface area (Å²) in [5.41, 5.74) is 5.57. The summed E-state index contributed by atoms with van der Waals surface area (Å²) in [5.74, 6) is 0.307. The van der Waals surface area contributed by atoms with E-state index in [4.69, 9.17) is 4.74 Å². The maximum Gasteiger partial charge on any atom is 0.257 e. The highest BCUT2D eigenvalue weighted by Gasteiger charge is 2.25. The minimum absolute atomic E-state index is 0.0532. The van der Waals surface area contributed by atoms with Crippen molar-refractivity contribution in [3.05, 3.63) is 24.3 Å². The van der Waals surface area contributed by atoms with Crippen LogP contribution in [0, 0.1) is 5.92 Å². The number of nitrogens with one attached hydrogen (secondary N) is 3. The molecular formula is C14H19N3O3. The van der Waals surface area contributed by atoms with Crippen molar-refractivity contribution in [1.82, 2.24) is 10.9 Å². The number of benzene rings is 1. The molecule has 6 nitrogen and oxygen atoms in total. The number of anilines is 1. The normalized spacial score (nSPS) is 14.1. The molecule has 0 saturated heterocycles. The van der Waals surface area contributed by atoms with Crippen LogP contribution >= 0.6 is 0 Å². The van der Waals surface area contributed by atoms with Crippen LogP contribution in [0.5, 0.6) is 5.75 Å². The molecule has 1 saturated carbocycles. The van der Waals surface area contributed by atoms with E-state index < -0.39 is 0 Å². The zero-order valence-corrected chi connectivity index (χ0v) is 11.4. The first-order valence-electron chi connectivity index (χ1n) is 6.66. The van der Waals surface area contributed by atoms with E-state index in [1.807, 2.05) is 18.2 Å². The maximum absolute atomic E-state index is 11.6. The van der Waals surface area contributed by atoms with Gasteiger partial charge in [0.05, 0.1) is 19.3 Å². The fraction of sp³-hybridized carbons (Fsp3) is 0.429. The van der Waals surface area contributed by atoms with E-state index in [1.54, 1.807) is 13.2 Å². The molecule has 1 aliphatic carbocycles. The lowest BCUT2D eigenvalue weighted by Gasteiger charge is -2.24. The number of amides is 2. The number of hydrogen-bond donors (Lipinski definition) is 3. The average molecular weight is 277 g/mol. The summed E-state index contributed by atoms with van der Waals surface area (Å²) in [6, 6.07) is 7.32. The Morgan fingerprint density at radius 1 is 1.25 bits per heavy atom. The van der Waals surface area contributed by atoms with Crippen molar-refractivity contribution in [1.29, 1.82) is 0 Å². The van der Waals surface area contributed by atoms with Gasteiger partial charge in [-0.1, -0.05) is 18.6 Å². The highest BCUT2D eigenvalue weighted by molar-refractivity contribution is 5.85. The number of carbonyl (C=O) groups is 2. The van der Waals surface area contributed by atoms with Gasteiger partial charge in [0.15, 0.2) is 0 Å². The van der Waals surface area contributed by atoms with Crippen LogP contribution in [0.25, 0.3) is 0 Å². The molecule has 2 amide bonds. The Labute approximate surface area is 117 Å². The standard InChI is InChI=1S/C14H19N3O3/c1-20-12-8-3-2-7-11(12)15-9-13(18)16-17-14(19)10-5-4-6-10/h2-3,7-8,10,15H,4-6,9H2,1H3,(H,16,18)(H,17,19). The van der Waals surface area contributed by atoms with E-state index in [0.29, 0.717) is 5.75 Å². The highest BCUT2D eigenvalue weighted by atomic mass is 16.5. The zero-order valence-electron chi connectivity index (χ0n) is 11.4. The van der Waals surface area contributed by atoms with Gasteiger partial charge >= 0.3 is 0 Å². The lowest BCUT2D eigenvalue weighted by atomic mass is 9.85. The van der Waals surface area contributed by atoms with Crippen molar-refractivity contribution in [3.63, 3.8) is 0 Å². The lowest BCUT2D eigenvalue weighted by molar-refractivity contribution is -0.132. The molecule has 0 unspecified atom stereocenters. The fourth-order valence-electron chi connectivity index (χ4n) is 1.91. The van der Waals surface area contributed by atoms with Crippen LogP contribution in [0.4, 0.5) is 5.69 Å². The van der Waals surface area contributed by atoms with Crippen molar-refractivity contribution < 1.29 is 14.3 Å². The summed E-state index contributed by atoms with van der Waals surface area (Å²) >= 11 is 0. The van der Waals surface area contributed by atoms with Gasteiger partial charge in [0.2, 0.25) is 5.91 Å². The monoisotopic (exact) mass is 277 g/mol. The summed E-state index contributed by atoms with van der Waals surface area (Å²) in [5, 5.41) is 2.96. The third kappa shape index (κ3) is 3.63. The number of methoxy groups -OCH3 is 1. The second-order valence-corrected chi connectivity index (χ2v) is 4.72. The summed E-state index contributed by atoms with van der Waals surface area (Å²) in [7, 11) is 1.57. The molecule has 0 bridgehead atoms. The molecule has 1 fully saturated rings. The highest BCUT2D eigenvalue weighted by Crippen LogP contribution is 2.25. The van der Waals surface area contributed by atoms with Gasteiger partial charge < -0.3 is 10.1 Å². The number of hydrogen-bond acceptors (Lipinski definition) is 4. The van der Waals surface area contributed by atoms with Gasteiger partial charge in [-0.25, -0.2) is 0 Å². The molecule has 0 spiro atoms. The van der Waals surface area contributed by atoms with Gasteiger partial charge in [-0.3, -0.25) is 20.4 Å². The predicted molar refractivity (Wildman–Crippen MR) is 75.1 cm³/mol. The molecule has 1 aromatic carbocycles. The van der Waals surface area contributed by atoms with E-state index in [0.717, 1.165) is 24.9 Å². The molecule has 0 radical (unpaired) electrons. The predicted octanol–water partition coefficient (Wildman–Crippen LogP) is 1.05. The smallest absolute Gasteiger partial charge is 0.257 e.